The number of aromatic nitrogens is 1. The maximum absolute atomic E-state index is 6.54. The molecule has 1 unspecified atom stereocenters. The lowest BCUT2D eigenvalue weighted by atomic mass is 10.0. The highest BCUT2D eigenvalue weighted by molar-refractivity contribution is 6.22. The fourth-order valence-corrected chi connectivity index (χ4v) is 2.73. The minimum absolute atomic E-state index is 0.0533. The third-order valence-electron chi connectivity index (χ3n) is 3.16. The van der Waals surface area contributed by atoms with Gasteiger partial charge in [-0.3, -0.25) is 4.98 Å². The summed E-state index contributed by atoms with van der Waals surface area (Å²) in [6.45, 7) is 0. The number of aryl methyl sites for hydroxylation is 2. The summed E-state index contributed by atoms with van der Waals surface area (Å²) in [5.74, 6) is 0. The van der Waals surface area contributed by atoms with Crippen molar-refractivity contribution in [3.63, 3.8) is 0 Å². The van der Waals surface area contributed by atoms with Crippen LogP contribution in [0.2, 0.25) is 0 Å². The van der Waals surface area contributed by atoms with Crippen LogP contribution in [0.4, 0.5) is 0 Å². The Kier molecular flexibility index (Phi) is 2.41. The van der Waals surface area contributed by atoms with E-state index in [-0.39, 0.29) is 5.38 Å². The summed E-state index contributed by atoms with van der Waals surface area (Å²) in [5.41, 5.74) is 4.88. The van der Waals surface area contributed by atoms with Crippen molar-refractivity contribution < 1.29 is 0 Å². The topological polar surface area (TPSA) is 12.9 Å². The maximum Gasteiger partial charge on any atom is 0.0855 e. The van der Waals surface area contributed by atoms with Crippen molar-refractivity contribution in [2.45, 2.75) is 18.2 Å². The maximum atomic E-state index is 6.54. The molecule has 0 fully saturated rings. The Labute approximate surface area is 100 Å². The van der Waals surface area contributed by atoms with Gasteiger partial charge in [-0.25, -0.2) is 0 Å². The van der Waals surface area contributed by atoms with Crippen LogP contribution >= 0.6 is 11.6 Å². The smallest absolute Gasteiger partial charge is 0.0855 e. The van der Waals surface area contributed by atoms with E-state index in [2.05, 4.69) is 35.3 Å². The Morgan fingerprint density at radius 3 is 2.75 bits per heavy atom. The second-order valence-corrected chi connectivity index (χ2v) is 4.54. The SMILES string of the molecule is ClC1c2ccccc2CCc2ncccc21. The van der Waals surface area contributed by atoms with E-state index < -0.39 is 0 Å². The monoisotopic (exact) mass is 229 g/mol. The predicted molar refractivity (Wildman–Crippen MR) is 65.8 cm³/mol. The first-order valence-electron chi connectivity index (χ1n) is 5.52. The number of rotatable bonds is 0. The quantitative estimate of drug-likeness (QED) is 0.630. The summed E-state index contributed by atoms with van der Waals surface area (Å²) >= 11 is 6.54. The summed E-state index contributed by atoms with van der Waals surface area (Å²) in [4.78, 5) is 4.43. The number of fused-ring (bicyclic) bond motifs is 2. The van der Waals surface area contributed by atoms with E-state index in [0.717, 1.165) is 24.1 Å². The lowest BCUT2D eigenvalue weighted by Crippen LogP contribution is -1.97. The van der Waals surface area contributed by atoms with Gasteiger partial charge in [0.25, 0.3) is 0 Å². The molecule has 0 amide bonds. The van der Waals surface area contributed by atoms with E-state index >= 15 is 0 Å². The van der Waals surface area contributed by atoms with Gasteiger partial charge in [0.15, 0.2) is 0 Å². The van der Waals surface area contributed by atoms with E-state index in [0.29, 0.717) is 0 Å². The first kappa shape index (κ1) is 9.86. The van der Waals surface area contributed by atoms with Gasteiger partial charge in [-0.05, 0) is 35.6 Å². The molecule has 1 aliphatic carbocycles. The molecule has 0 N–H and O–H groups in total. The zero-order valence-electron chi connectivity index (χ0n) is 8.86. The van der Waals surface area contributed by atoms with Gasteiger partial charge < -0.3 is 0 Å². The molecule has 16 heavy (non-hydrogen) atoms. The summed E-state index contributed by atoms with van der Waals surface area (Å²) in [5, 5.41) is -0.0533. The van der Waals surface area contributed by atoms with Gasteiger partial charge in [-0.1, -0.05) is 30.3 Å². The van der Waals surface area contributed by atoms with Gasteiger partial charge in [0.2, 0.25) is 0 Å². The van der Waals surface area contributed by atoms with Crippen molar-refractivity contribution in [2.75, 3.05) is 0 Å². The van der Waals surface area contributed by atoms with Crippen LogP contribution in [0.3, 0.4) is 0 Å². The van der Waals surface area contributed by atoms with Crippen LogP contribution < -0.4 is 0 Å². The third-order valence-corrected chi connectivity index (χ3v) is 3.63. The zero-order valence-corrected chi connectivity index (χ0v) is 9.61. The molecule has 2 heteroatoms. The van der Waals surface area contributed by atoms with Crippen LogP contribution in [0.1, 0.15) is 27.8 Å². The Morgan fingerprint density at radius 1 is 1.00 bits per heavy atom. The second kappa shape index (κ2) is 3.91. The normalized spacial score (nSPS) is 18.4. The largest absolute Gasteiger partial charge is 0.261 e. The Bertz CT molecular complexity index is 474. The predicted octanol–water partition coefficient (Wildman–Crippen LogP) is 3.51. The standard InChI is InChI=1S/C14H12ClN/c15-14-11-5-2-1-4-10(11)7-8-13-12(14)6-3-9-16-13/h1-6,9,14H,7-8H2. The van der Waals surface area contributed by atoms with Crippen LogP contribution in [0.5, 0.6) is 0 Å². The average molecular weight is 230 g/mol. The number of pyridine rings is 1. The van der Waals surface area contributed by atoms with E-state index in [9.17, 15) is 0 Å². The van der Waals surface area contributed by atoms with Gasteiger partial charge in [0.05, 0.1) is 5.38 Å². The number of nitrogens with zero attached hydrogens (tertiary/aromatic N) is 1. The van der Waals surface area contributed by atoms with Gasteiger partial charge in [-0.2, -0.15) is 0 Å². The second-order valence-electron chi connectivity index (χ2n) is 4.10. The lowest BCUT2D eigenvalue weighted by Gasteiger charge is -2.12. The van der Waals surface area contributed by atoms with E-state index in [1.807, 2.05) is 12.3 Å². The van der Waals surface area contributed by atoms with Gasteiger partial charge in [0.1, 0.15) is 0 Å². The molecule has 3 rings (SSSR count). The molecule has 1 atom stereocenters. The van der Waals surface area contributed by atoms with Gasteiger partial charge in [0, 0.05) is 11.9 Å². The molecule has 1 aromatic carbocycles. The highest BCUT2D eigenvalue weighted by Crippen LogP contribution is 2.35. The zero-order chi connectivity index (χ0) is 11.0. The Morgan fingerprint density at radius 2 is 1.81 bits per heavy atom. The van der Waals surface area contributed by atoms with E-state index in [4.69, 9.17) is 11.6 Å². The van der Waals surface area contributed by atoms with Crippen molar-refractivity contribution in [3.05, 3.63) is 65.0 Å². The van der Waals surface area contributed by atoms with Crippen molar-refractivity contribution in [3.8, 4) is 0 Å². The Balaban J connectivity index is 2.18. The first-order chi connectivity index (χ1) is 7.86. The van der Waals surface area contributed by atoms with Crippen LogP contribution in [0.15, 0.2) is 42.6 Å². The molecule has 0 saturated heterocycles. The number of hydrogen-bond acceptors (Lipinski definition) is 1. The minimum Gasteiger partial charge on any atom is -0.261 e. The summed E-state index contributed by atoms with van der Waals surface area (Å²) in [6, 6.07) is 12.5. The minimum atomic E-state index is -0.0533. The molecule has 0 bridgehead atoms. The highest BCUT2D eigenvalue weighted by Gasteiger charge is 2.21. The Hall–Kier alpha value is -1.34. The molecule has 0 radical (unpaired) electrons. The van der Waals surface area contributed by atoms with Gasteiger partial charge >= 0.3 is 0 Å². The molecule has 1 nitrogen and oxygen atoms in total. The average Bonchev–Trinajstić information content (AvgIpc) is 2.49. The summed E-state index contributed by atoms with van der Waals surface area (Å²) < 4.78 is 0. The van der Waals surface area contributed by atoms with Crippen LogP contribution in [0, 0.1) is 0 Å². The van der Waals surface area contributed by atoms with Crippen molar-refractivity contribution >= 4 is 11.6 Å². The van der Waals surface area contributed by atoms with Crippen molar-refractivity contribution in [2.24, 2.45) is 0 Å². The molecular formula is C14H12ClN. The molecular weight excluding hydrogens is 218 g/mol. The van der Waals surface area contributed by atoms with E-state index in [1.165, 1.54) is 11.1 Å². The molecule has 1 aromatic heterocycles. The molecule has 0 aliphatic heterocycles. The first-order valence-corrected chi connectivity index (χ1v) is 5.95. The molecule has 80 valence electrons. The fraction of sp³-hybridized carbons (Fsp3) is 0.214. The van der Waals surface area contributed by atoms with Crippen molar-refractivity contribution in [1.29, 1.82) is 0 Å². The van der Waals surface area contributed by atoms with Crippen LogP contribution in [0.25, 0.3) is 0 Å². The highest BCUT2D eigenvalue weighted by atomic mass is 35.5. The lowest BCUT2D eigenvalue weighted by molar-refractivity contribution is 0.915. The van der Waals surface area contributed by atoms with Crippen molar-refractivity contribution in [1.82, 2.24) is 4.98 Å². The molecule has 2 aromatic rings. The molecule has 1 heterocycles. The van der Waals surface area contributed by atoms with Gasteiger partial charge in [-0.15, -0.1) is 11.6 Å². The molecule has 0 saturated carbocycles. The molecule has 0 spiro atoms. The number of alkyl halides is 1. The molecule has 1 aliphatic rings. The number of halogens is 1. The number of benzene rings is 1. The van der Waals surface area contributed by atoms with Crippen LogP contribution in [-0.2, 0) is 12.8 Å². The fourth-order valence-electron chi connectivity index (χ4n) is 2.32. The number of hydrogen-bond donors (Lipinski definition) is 0. The third kappa shape index (κ3) is 1.52. The summed E-state index contributed by atoms with van der Waals surface area (Å²) in [6.07, 6.45) is 3.86. The van der Waals surface area contributed by atoms with E-state index in [1.54, 1.807) is 0 Å². The summed E-state index contributed by atoms with van der Waals surface area (Å²) in [7, 11) is 0. The van der Waals surface area contributed by atoms with Crippen LogP contribution in [-0.4, -0.2) is 4.98 Å².